The Morgan fingerprint density at radius 1 is 0.821 bits per heavy atom. The van der Waals surface area contributed by atoms with Crippen LogP contribution in [0.15, 0.2) is 60.7 Å². The van der Waals surface area contributed by atoms with Crippen LogP contribution in [0, 0.1) is 12.8 Å². The van der Waals surface area contributed by atoms with E-state index >= 15 is 0 Å². The van der Waals surface area contributed by atoms with Crippen molar-refractivity contribution >= 4 is 5.69 Å². The van der Waals surface area contributed by atoms with Gasteiger partial charge in [0, 0.05) is 31.4 Å². The highest BCUT2D eigenvalue weighted by atomic mass is 16.5. The molecule has 6 heteroatoms. The Hall–Kier alpha value is -3.82. The van der Waals surface area contributed by atoms with Gasteiger partial charge in [-0.25, -0.2) is 0 Å². The van der Waals surface area contributed by atoms with Gasteiger partial charge in [-0.2, -0.15) is 0 Å². The largest absolute Gasteiger partial charge is 0.508 e. The molecule has 0 fully saturated rings. The minimum absolute atomic E-state index is 0.408. The number of ether oxygens (including phenoxy) is 3. The average Bonchev–Trinajstić information content (AvgIpc) is 2.97. The lowest BCUT2D eigenvalue weighted by Crippen LogP contribution is -2.22. The molecule has 3 aromatic rings. The fourth-order valence-electron chi connectivity index (χ4n) is 4.38. The van der Waals surface area contributed by atoms with Crippen molar-refractivity contribution in [3.05, 3.63) is 77.4 Å². The predicted molar refractivity (Wildman–Crippen MR) is 161 cm³/mol. The molecule has 39 heavy (non-hydrogen) atoms. The van der Waals surface area contributed by atoms with Crippen LogP contribution in [-0.4, -0.2) is 58.0 Å². The van der Waals surface area contributed by atoms with Crippen molar-refractivity contribution in [2.75, 3.05) is 52.9 Å². The van der Waals surface area contributed by atoms with E-state index in [1.807, 2.05) is 50.5 Å². The maximum atomic E-state index is 9.19. The summed E-state index contributed by atoms with van der Waals surface area (Å²) in [6.07, 6.45) is 12.9. The number of phenols is 1. The second kappa shape index (κ2) is 16.9. The maximum absolute atomic E-state index is 9.19. The maximum Gasteiger partial charge on any atom is 0.162 e. The minimum Gasteiger partial charge on any atom is -0.508 e. The van der Waals surface area contributed by atoms with Crippen LogP contribution in [0.2, 0.25) is 0 Å². The van der Waals surface area contributed by atoms with Gasteiger partial charge in [-0.1, -0.05) is 18.2 Å². The van der Waals surface area contributed by atoms with Gasteiger partial charge < -0.3 is 29.1 Å². The molecule has 0 spiro atoms. The first-order valence-electron chi connectivity index (χ1n) is 13.4. The van der Waals surface area contributed by atoms with E-state index in [-0.39, 0.29) is 0 Å². The van der Waals surface area contributed by atoms with Gasteiger partial charge in [0.05, 0.1) is 14.2 Å². The number of hydrogen-bond acceptors (Lipinski definition) is 6. The van der Waals surface area contributed by atoms with E-state index in [4.69, 9.17) is 14.2 Å². The lowest BCUT2D eigenvalue weighted by atomic mass is 9.92. The third-order valence-corrected chi connectivity index (χ3v) is 6.55. The van der Waals surface area contributed by atoms with Gasteiger partial charge in [0.1, 0.15) is 18.1 Å². The third-order valence-electron chi connectivity index (χ3n) is 6.55. The van der Waals surface area contributed by atoms with E-state index < -0.39 is 0 Å². The number of rotatable bonds is 10. The molecule has 0 radical (unpaired) electrons. The molecule has 0 bridgehead atoms. The second-order valence-electron chi connectivity index (χ2n) is 9.51. The zero-order chi connectivity index (χ0) is 28.6. The number of phenolic OH excluding ortho intramolecular Hbond substituents is 1. The molecule has 0 aromatic heterocycles. The summed E-state index contributed by atoms with van der Waals surface area (Å²) in [5.41, 5.74) is 5.11. The Balaban J connectivity index is 0.000000338. The van der Waals surface area contributed by atoms with E-state index in [9.17, 15) is 5.11 Å². The Kier molecular flexibility index (Phi) is 13.6. The van der Waals surface area contributed by atoms with E-state index in [2.05, 4.69) is 47.8 Å². The summed E-state index contributed by atoms with van der Waals surface area (Å²) in [4.78, 5) is 4.40. The van der Waals surface area contributed by atoms with Crippen molar-refractivity contribution in [2.45, 2.75) is 39.2 Å². The molecule has 0 unspecified atom stereocenters. The van der Waals surface area contributed by atoms with Crippen LogP contribution in [0.5, 0.6) is 23.0 Å². The van der Waals surface area contributed by atoms with E-state index in [0.717, 1.165) is 49.0 Å². The number of benzene rings is 3. The zero-order valence-electron chi connectivity index (χ0n) is 24.2. The minimum atomic E-state index is 0.408. The standard InChI is InChI=1S/C21H30N2O3.C10H12O.C2H2/c1-6-23(18-9-12-20(24-4)21(15-18)25-5)16-17-7-10-19(11-8-17)26-14-13-22(2)3;11-10-6-5-8-3-1-2-4-9(8)7-10;1-2/h7-12,15H,6,13-14,16H2,1-5H3;5-7,11H,1-4H2;1-2H. The molecule has 1 aliphatic carbocycles. The molecule has 6 nitrogen and oxygen atoms in total. The zero-order valence-corrected chi connectivity index (χ0v) is 24.2. The van der Waals surface area contributed by atoms with E-state index in [0.29, 0.717) is 12.4 Å². The molecule has 0 heterocycles. The summed E-state index contributed by atoms with van der Waals surface area (Å²) < 4.78 is 16.5. The first-order chi connectivity index (χ1) is 18.9. The molecule has 1 aliphatic rings. The van der Waals surface area contributed by atoms with Gasteiger partial charge in [0.2, 0.25) is 0 Å². The molecule has 0 amide bonds. The number of aryl methyl sites for hydroxylation is 2. The molecule has 4 rings (SSSR count). The molecular weight excluding hydrogens is 488 g/mol. The van der Waals surface area contributed by atoms with Crippen molar-refractivity contribution in [1.82, 2.24) is 4.90 Å². The van der Waals surface area contributed by atoms with Gasteiger partial charge in [-0.3, -0.25) is 0 Å². The summed E-state index contributed by atoms with van der Waals surface area (Å²) in [6, 6.07) is 20.1. The number of nitrogens with zero attached hydrogens (tertiary/aromatic N) is 2. The van der Waals surface area contributed by atoms with Gasteiger partial charge >= 0.3 is 0 Å². The lowest BCUT2D eigenvalue weighted by Gasteiger charge is -2.24. The number of methoxy groups -OCH3 is 2. The van der Waals surface area contributed by atoms with Crippen LogP contribution in [0.25, 0.3) is 0 Å². The number of likely N-dealkylation sites (N-methyl/N-ethyl adjacent to an activating group) is 1. The number of anilines is 1. The molecule has 1 N–H and O–H groups in total. The first kappa shape index (κ1) is 31.4. The number of fused-ring (bicyclic) bond motifs is 1. The van der Waals surface area contributed by atoms with Crippen molar-refractivity contribution in [3.63, 3.8) is 0 Å². The highest BCUT2D eigenvalue weighted by Crippen LogP contribution is 2.32. The average molecular weight is 533 g/mol. The highest BCUT2D eigenvalue weighted by molar-refractivity contribution is 5.56. The number of terminal acetylenes is 1. The lowest BCUT2D eigenvalue weighted by molar-refractivity contribution is 0.261. The highest BCUT2D eigenvalue weighted by Gasteiger charge is 2.11. The van der Waals surface area contributed by atoms with Gasteiger partial charge in [-0.15, -0.1) is 12.8 Å². The van der Waals surface area contributed by atoms with Crippen LogP contribution >= 0.6 is 0 Å². The Morgan fingerprint density at radius 3 is 2.10 bits per heavy atom. The van der Waals surface area contributed by atoms with Crippen LogP contribution in [0.1, 0.15) is 36.5 Å². The molecule has 3 aromatic carbocycles. The second-order valence-corrected chi connectivity index (χ2v) is 9.51. The first-order valence-corrected chi connectivity index (χ1v) is 13.4. The van der Waals surface area contributed by atoms with Crippen LogP contribution < -0.4 is 19.1 Å². The molecular formula is C33H44N2O4. The normalized spacial score (nSPS) is 11.7. The smallest absolute Gasteiger partial charge is 0.162 e. The summed E-state index contributed by atoms with van der Waals surface area (Å²) in [6.45, 7) is 5.47. The molecule has 0 aliphatic heterocycles. The Bertz CT molecular complexity index is 1140. The summed E-state index contributed by atoms with van der Waals surface area (Å²) >= 11 is 0. The Labute approximate surface area is 235 Å². The van der Waals surface area contributed by atoms with Gasteiger partial charge in [0.15, 0.2) is 11.5 Å². The fraction of sp³-hybridized carbons (Fsp3) is 0.394. The molecule has 0 atom stereocenters. The van der Waals surface area contributed by atoms with Crippen LogP contribution in [0.4, 0.5) is 5.69 Å². The molecule has 0 saturated carbocycles. The molecule has 0 saturated heterocycles. The SMILES string of the molecule is C#C.CCN(Cc1ccc(OCCN(C)C)cc1)c1ccc(OC)c(OC)c1.Oc1ccc2c(c1)CCCC2. The van der Waals surface area contributed by atoms with Crippen LogP contribution in [0.3, 0.4) is 0 Å². The number of aromatic hydroxyl groups is 1. The van der Waals surface area contributed by atoms with Gasteiger partial charge in [0.25, 0.3) is 0 Å². The van der Waals surface area contributed by atoms with Crippen molar-refractivity contribution in [3.8, 4) is 35.8 Å². The van der Waals surface area contributed by atoms with Crippen molar-refractivity contribution in [1.29, 1.82) is 0 Å². The van der Waals surface area contributed by atoms with E-state index in [1.165, 1.54) is 36.0 Å². The van der Waals surface area contributed by atoms with Crippen molar-refractivity contribution in [2.24, 2.45) is 0 Å². The Morgan fingerprint density at radius 2 is 1.49 bits per heavy atom. The summed E-state index contributed by atoms with van der Waals surface area (Å²) in [5.74, 6) is 2.80. The number of hydrogen-bond donors (Lipinski definition) is 1. The fourth-order valence-corrected chi connectivity index (χ4v) is 4.38. The predicted octanol–water partition coefficient (Wildman–Crippen LogP) is 6.19. The topological polar surface area (TPSA) is 54.4 Å². The van der Waals surface area contributed by atoms with Crippen LogP contribution in [-0.2, 0) is 19.4 Å². The van der Waals surface area contributed by atoms with E-state index in [1.54, 1.807) is 20.3 Å². The summed E-state index contributed by atoms with van der Waals surface area (Å²) in [5, 5.41) is 9.19. The van der Waals surface area contributed by atoms with Gasteiger partial charge in [-0.05, 0) is 99.8 Å². The monoisotopic (exact) mass is 532 g/mol. The quantitative estimate of drug-likeness (QED) is 0.314. The van der Waals surface area contributed by atoms with Crippen molar-refractivity contribution < 1.29 is 19.3 Å². The molecule has 210 valence electrons. The summed E-state index contributed by atoms with van der Waals surface area (Å²) in [7, 11) is 7.39. The third kappa shape index (κ3) is 10.1.